The largest absolute Gasteiger partial charge is 0.342 e. The van der Waals surface area contributed by atoms with Crippen LogP contribution < -0.4 is 15.8 Å². The van der Waals surface area contributed by atoms with Gasteiger partial charge in [-0.15, -0.1) is 0 Å². The molecule has 0 saturated heterocycles. The Hall–Kier alpha value is -1.08. The van der Waals surface area contributed by atoms with E-state index in [9.17, 15) is 4.79 Å². The number of nitrogens with one attached hydrogen (secondary N) is 2. The summed E-state index contributed by atoms with van der Waals surface area (Å²) in [5.74, 6) is -0.225. The number of rotatable bonds is 7. The number of hydrogen-bond donors (Lipinski definition) is 3. The molecule has 0 spiro atoms. The number of benzene rings is 1. The van der Waals surface area contributed by atoms with Gasteiger partial charge in [-0.2, -0.15) is 0 Å². The molecule has 0 aliphatic rings. The Kier molecular flexibility index (Phi) is 6.59. The molecule has 0 heterocycles. The molecule has 0 aliphatic carbocycles. The van der Waals surface area contributed by atoms with E-state index in [0.717, 1.165) is 17.8 Å². The zero-order chi connectivity index (χ0) is 11.6. The minimum absolute atomic E-state index is 0.0103. The highest BCUT2D eigenvalue weighted by Crippen LogP contribution is 2.02. The second kappa shape index (κ2) is 8.12. The number of nitrogens with two attached hydrogens (primary N) is 1. The van der Waals surface area contributed by atoms with Gasteiger partial charge in [0.15, 0.2) is 0 Å². The number of carbonyl (C=O) groups excluding carboxylic acids is 1. The highest BCUT2D eigenvalue weighted by atomic mass is 32.2. The fourth-order valence-electron chi connectivity index (χ4n) is 0.998. The third kappa shape index (κ3) is 5.72. The molecule has 88 valence electrons. The molecule has 0 radical (unpaired) electrons. The van der Waals surface area contributed by atoms with Crippen molar-refractivity contribution in [2.75, 3.05) is 13.3 Å². The summed E-state index contributed by atoms with van der Waals surface area (Å²) >= 11 is 1.05. The molecule has 0 bridgehead atoms. The Morgan fingerprint density at radius 3 is 2.81 bits per heavy atom. The van der Waals surface area contributed by atoms with Crippen LogP contribution in [0.3, 0.4) is 0 Å². The van der Waals surface area contributed by atoms with Crippen molar-refractivity contribution in [3.63, 3.8) is 0 Å². The monoisotopic (exact) mass is 241 g/mol. The summed E-state index contributed by atoms with van der Waals surface area (Å²) in [6.45, 7) is 0.804. The molecule has 16 heavy (non-hydrogen) atoms. The van der Waals surface area contributed by atoms with Gasteiger partial charge in [0.05, 0.1) is 18.9 Å². The molecular weight excluding hydrogens is 226 g/mol. The first-order valence-corrected chi connectivity index (χ1v) is 5.59. The fraction of sp³-hybridized carbons (Fsp3) is 0.300. The van der Waals surface area contributed by atoms with Gasteiger partial charge >= 0.3 is 0 Å². The summed E-state index contributed by atoms with van der Waals surface area (Å²) in [4.78, 5) is 10.9. The maximum atomic E-state index is 10.9. The molecule has 1 rings (SSSR count). The number of carbonyl (C=O) groups is 1. The average Bonchev–Trinajstić information content (AvgIpc) is 2.30. The summed E-state index contributed by atoms with van der Waals surface area (Å²) in [5, 5.41) is 2.43. The van der Waals surface area contributed by atoms with Crippen LogP contribution in [0, 0.1) is 0 Å². The SMILES string of the molecule is NCNC(=O)COSNCc1ccccc1. The number of hydrogen-bond acceptors (Lipinski definition) is 5. The summed E-state index contributed by atoms with van der Waals surface area (Å²) in [5.41, 5.74) is 6.28. The molecule has 1 amide bonds. The van der Waals surface area contributed by atoms with Gasteiger partial charge in [-0.25, -0.2) is 4.72 Å². The van der Waals surface area contributed by atoms with Gasteiger partial charge in [-0.05, 0) is 5.56 Å². The van der Waals surface area contributed by atoms with Crippen LogP contribution in [-0.4, -0.2) is 19.2 Å². The predicted octanol–water partition coefficient (Wildman–Crippen LogP) is 0.388. The van der Waals surface area contributed by atoms with Crippen LogP contribution in [-0.2, 0) is 15.5 Å². The van der Waals surface area contributed by atoms with Gasteiger partial charge in [-0.1, -0.05) is 30.3 Å². The van der Waals surface area contributed by atoms with E-state index < -0.39 is 0 Å². The molecule has 0 fully saturated rings. The predicted molar refractivity (Wildman–Crippen MR) is 64.0 cm³/mol. The van der Waals surface area contributed by atoms with Crippen LogP contribution in [0.2, 0.25) is 0 Å². The Morgan fingerprint density at radius 2 is 2.12 bits per heavy atom. The van der Waals surface area contributed by atoms with Crippen molar-refractivity contribution in [1.29, 1.82) is 0 Å². The maximum Gasteiger partial charge on any atom is 0.248 e. The lowest BCUT2D eigenvalue weighted by Gasteiger charge is -2.04. The number of amides is 1. The topological polar surface area (TPSA) is 76.4 Å². The molecular formula is C10H15N3O2S. The lowest BCUT2D eigenvalue weighted by molar-refractivity contribution is -0.122. The van der Waals surface area contributed by atoms with Crippen molar-refractivity contribution in [2.45, 2.75) is 6.54 Å². The van der Waals surface area contributed by atoms with Crippen LogP contribution in [0.25, 0.3) is 0 Å². The van der Waals surface area contributed by atoms with Gasteiger partial charge in [0, 0.05) is 6.54 Å². The molecule has 0 aliphatic heterocycles. The second-order valence-corrected chi connectivity index (χ2v) is 3.65. The van der Waals surface area contributed by atoms with Crippen LogP contribution in [0.15, 0.2) is 30.3 Å². The molecule has 0 aromatic heterocycles. The normalized spacial score (nSPS) is 10.1. The van der Waals surface area contributed by atoms with E-state index in [2.05, 4.69) is 10.0 Å². The molecule has 4 N–H and O–H groups in total. The highest BCUT2D eigenvalue weighted by molar-refractivity contribution is 7.92. The van der Waals surface area contributed by atoms with E-state index in [-0.39, 0.29) is 19.2 Å². The average molecular weight is 241 g/mol. The molecule has 1 aromatic carbocycles. The Balaban J connectivity index is 2.02. The Morgan fingerprint density at radius 1 is 1.38 bits per heavy atom. The van der Waals surface area contributed by atoms with Crippen molar-refractivity contribution in [2.24, 2.45) is 5.73 Å². The van der Waals surface area contributed by atoms with E-state index in [4.69, 9.17) is 9.92 Å². The van der Waals surface area contributed by atoms with Gasteiger partial charge in [0.1, 0.15) is 6.61 Å². The van der Waals surface area contributed by atoms with Crippen LogP contribution in [0.4, 0.5) is 0 Å². The third-order valence-electron chi connectivity index (χ3n) is 1.73. The minimum atomic E-state index is -0.225. The van der Waals surface area contributed by atoms with Crippen LogP contribution in [0.1, 0.15) is 5.56 Å². The quantitative estimate of drug-likeness (QED) is 0.279. The summed E-state index contributed by atoms with van der Waals surface area (Å²) in [6, 6.07) is 9.92. The summed E-state index contributed by atoms with van der Waals surface area (Å²) in [6.07, 6.45) is 0. The fourth-order valence-corrected chi connectivity index (χ4v) is 1.47. The van der Waals surface area contributed by atoms with Crippen molar-refractivity contribution in [3.8, 4) is 0 Å². The highest BCUT2D eigenvalue weighted by Gasteiger charge is 1.99. The molecule has 6 heteroatoms. The second-order valence-electron chi connectivity index (χ2n) is 2.96. The van der Waals surface area contributed by atoms with E-state index in [1.54, 1.807) is 0 Å². The Bertz CT molecular complexity index is 308. The van der Waals surface area contributed by atoms with Crippen LogP contribution >= 0.6 is 12.2 Å². The maximum absolute atomic E-state index is 10.9. The lowest BCUT2D eigenvalue weighted by Crippen LogP contribution is -2.32. The molecule has 0 unspecified atom stereocenters. The van der Waals surface area contributed by atoms with Gasteiger partial charge < -0.3 is 11.1 Å². The van der Waals surface area contributed by atoms with Gasteiger partial charge in [0.2, 0.25) is 5.91 Å². The first kappa shape index (κ1) is 13.0. The summed E-state index contributed by atoms with van der Waals surface area (Å²) in [7, 11) is 0. The third-order valence-corrected chi connectivity index (χ3v) is 2.22. The Labute approximate surface area is 99.1 Å². The molecule has 0 saturated carbocycles. The zero-order valence-corrected chi connectivity index (χ0v) is 9.63. The lowest BCUT2D eigenvalue weighted by atomic mass is 10.2. The van der Waals surface area contributed by atoms with Crippen molar-refractivity contribution >= 4 is 18.1 Å². The van der Waals surface area contributed by atoms with E-state index in [1.807, 2.05) is 30.3 Å². The minimum Gasteiger partial charge on any atom is -0.342 e. The summed E-state index contributed by atoms with van der Waals surface area (Å²) < 4.78 is 7.99. The van der Waals surface area contributed by atoms with Gasteiger partial charge in [0.25, 0.3) is 0 Å². The first-order valence-electron chi connectivity index (χ1n) is 4.85. The van der Waals surface area contributed by atoms with E-state index in [0.29, 0.717) is 6.54 Å². The van der Waals surface area contributed by atoms with Crippen molar-refractivity contribution in [1.82, 2.24) is 10.0 Å². The first-order chi connectivity index (χ1) is 7.83. The molecule has 0 atom stereocenters. The van der Waals surface area contributed by atoms with E-state index >= 15 is 0 Å². The van der Waals surface area contributed by atoms with Crippen molar-refractivity contribution in [3.05, 3.63) is 35.9 Å². The zero-order valence-electron chi connectivity index (χ0n) is 8.81. The van der Waals surface area contributed by atoms with Crippen LogP contribution in [0.5, 0.6) is 0 Å². The van der Waals surface area contributed by atoms with E-state index in [1.165, 1.54) is 0 Å². The van der Waals surface area contributed by atoms with Gasteiger partial charge in [-0.3, -0.25) is 8.98 Å². The standard InChI is InChI=1S/C10H15N3O2S/c11-8-12-10(14)7-15-16-13-6-9-4-2-1-3-5-9/h1-5,13H,6-8,11H2,(H,12,14). The molecule has 1 aromatic rings. The van der Waals surface area contributed by atoms with Crippen molar-refractivity contribution < 1.29 is 8.98 Å². The smallest absolute Gasteiger partial charge is 0.248 e. The molecule has 5 nitrogen and oxygen atoms in total.